The van der Waals surface area contributed by atoms with Gasteiger partial charge < -0.3 is 0 Å². The molecule has 8 aromatic carbocycles. The number of aromatic nitrogens is 7. The SMILES string of the molecule is c1ccc(-c2cc(-c3ccccc3)cc(-c3ncc4c5ccccc5c5cnc(-c6cccc(-n7c8ccccc8n8c9ccccc9nc78)c6)nc5c4n3)c2)cc1. The second-order valence-corrected chi connectivity index (χ2v) is 14.6. The Hall–Kier alpha value is -8.03. The van der Waals surface area contributed by atoms with E-state index < -0.39 is 0 Å². The summed E-state index contributed by atoms with van der Waals surface area (Å²) in [5.41, 5.74) is 13.0. The molecule has 4 heterocycles. The van der Waals surface area contributed by atoms with Crippen molar-refractivity contribution in [2.24, 2.45) is 0 Å². The number of fused-ring (bicyclic) bond motifs is 11. The second-order valence-electron chi connectivity index (χ2n) is 14.6. The Morgan fingerprint density at radius 1 is 0.345 bits per heavy atom. The first-order valence-corrected chi connectivity index (χ1v) is 19.3. The quantitative estimate of drug-likeness (QED) is 0.164. The van der Waals surface area contributed by atoms with Crippen molar-refractivity contribution in [2.75, 3.05) is 0 Å². The van der Waals surface area contributed by atoms with Gasteiger partial charge in [0.15, 0.2) is 11.6 Å². The van der Waals surface area contributed by atoms with E-state index >= 15 is 0 Å². The Kier molecular flexibility index (Phi) is 7.09. The van der Waals surface area contributed by atoms with Crippen LogP contribution in [-0.4, -0.2) is 33.9 Å². The molecule has 0 saturated heterocycles. The number of imidazole rings is 2. The van der Waals surface area contributed by atoms with Crippen molar-refractivity contribution in [2.45, 2.75) is 0 Å². The van der Waals surface area contributed by atoms with Gasteiger partial charge in [0, 0.05) is 40.0 Å². The first kappa shape index (κ1) is 32.2. The van der Waals surface area contributed by atoms with E-state index in [0.29, 0.717) is 11.6 Å². The third kappa shape index (κ3) is 5.04. The summed E-state index contributed by atoms with van der Waals surface area (Å²) >= 11 is 0. The third-order valence-corrected chi connectivity index (χ3v) is 11.2. The van der Waals surface area contributed by atoms with Crippen LogP contribution < -0.4 is 0 Å². The topological polar surface area (TPSA) is 73.8 Å². The molecule has 0 aliphatic rings. The Morgan fingerprint density at radius 3 is 1.52 bits per heavy atom. The predicted molar refractivity (Wildman–Crippen MR) is 235 cm³/mol. The maximum absolute atomic E-state index is 5.36. The summed E-state index contributed by atoms with van der Waals surface area (Å²) in [6, 6.07) is 61.0. The number of benzene rings is 8. The van der Waals surface area contributed by atoms with E-state index in [4.69, 9.17) is 24.9 Å². The zero-order chi connectivity index (χ0) is 38.2. The van der Waals surface area contributed by atoms with Crippen molar-refractivity contribution in [3.05, 3.63) is 188 Å². The van der Waals surface area contributed by atoms with Gasteiger partial charge in [0.2, 0.25) is 5.78 Å². The van der Waals surface area contributed by atoms with Crippen LogP contribution in [0.25, 0.3) is 111 Å². The number of hydrogen-bond acceptors (Lipinski definition) is 5. The van der Waals surface area contributed by atoms with E-state index in [-0.39, 0.29) is 0 Å². The van der Waals surface area contributed by atoms with Gasteiger partial charge >= 0.3 is 0 Å². The molecule has 0 bridgehead atoms. The van der Waals surface area contributed by atoms with E-state index in [1.54, 1.807) is 0 Å². The molecule has 0 aliphatic carbocycles. The first-order chi connectivity index (χ1) is 28.7. The highest BCUT2D eigenvalue weighted by Crippen LogP contribution is 2.37. The van der Waals surface area contributed by atoms with Crippen molar-refractivity contribution in [3.63, 3.8) is 0 Å². The third-order valence-electron chi connectivity index (χ3n) is 11.2. The summed E-state index contributed by atoms with van der Waals surface area (Å²) in [6.45, 7) is 0. The Morgan fingerprint density at radius 2 is 0.862 bits per heavy atom. The molecule has 0 atom stereocenters. The molecule has 0 N–H and O–H groups in total. The van der Waals surface area contributed by atoms with E-state index in [0.717, 1.165) is 99.5 Å². The zero-order valence-corrected chi connectivity index (χ0v) is 31.0. The Balaban J connectivity index is 1.06. The summed E-state index contributed by atoms with van der Waals surface area (Å²) in [5, 5.41) is 4.01. The maximum Gasteiger partial charge on any atom is 0.220 e. The van der Waals surface area contributed by atoms with Gasteiger partial charge in [-0.1, -0.05) is 121 Å². The molecule has 0 unspecified atom stereocenters. The lowest BCUT2D eigenvalue weighted by molar-refractivity contribution is 1.11. The molecule has 58 heavy (non-hydrogen) atoms. The number of hydrogen-bond donors (Lipinski definition) is 0. The summed E-state index contributed by atoms with van der Waals surface area (Å²) in [4.78, 5) is 25.8. The van der Waals surface area contributed by atoms with Crippen LogP contribution in [0, 0.1) is 0 Å². The molecular formula is C51H31N7. The molecule has 0 aliphatic heterocycles. The van der Waals surface area contributed by atoms with Crippen molar-refractivity contribution in [1.29, 1.82) is 0 Å². The van der Waals surface area contributed by atoms with Gasteiger partial charge in [0.05, 0.1) is 22.1 Å². The zero-order valence-electron chi connectivity index (χ0n) is 31.0. The van der Waals surface area contributed by atoms with Gasteiger partial charge in [-0.2, -0.15) is 0 Å². The van der Waals surface area contributed by atoms with Gasteiger partial charge in [-0.05, 0) is 87.6 Å². The monoisotopic (exact) mass is 741 g/mol. The number of nitrogens with zero attached hydrogens (tertiary/aromatic N) is 7. The summed E-state index contributed by atoms with van der Waals surface area (Å²) < 4.78 is 4.45. The highest BCUT2D eigenvalue weighted by atomic mass is 15.2. The van der Waals surface area contributed by atoms with Gasteiger partial charge in [0.25, 0.3) is 0 Å². The molecule has 7 heteroatoms. The van der Waals surface area contributed by atoms with Gasteiger partial charge in [-0.3, -0.25) is 8.97 Å². The van der Waals surface area contributed by atoms with Gasteiger partial charge in [0.1, 0.15) is 11.0 Å². The fraction of sp³-hybridized carbons (Fsp3) is 0. The van der Waals surface area contributed by atoms with Crippen LogP contribution in [0.15, 0.2) is 188 Å². The average molecular weight is 742 g/mol. The molecular weight excluding hydrogens is 711 g/mol. The van der Waals surface area contributed by atoms with Gasteiger partial charge in [-0.25, -0.2) is 24.9 Å². The maximum atomic E-state index is 5.36. The molecule has 4 aromatic heterocycles. The van der Waals surface area contributed by atoms with E-state index in [1.165, 1.54) is 0 Å². The molecule has 7 nitrogen and oxygen atoms in total. The van der Waals surface area contributed by atoms with Crippen LogP contribution in [0.5, 0.6) is 0 Å². The average Bonchev–Trinajstić information content (AvgIpc) is 3.84. The molecule has 0 fully saturated rings. The van der Waals surface area contributed by atoms with Crippen molar-refractivity contribution in [3.8, 4) is 50.7 Å². The standard InChI is InChI=1S/C51H31N7/c1-3-14-32(15-4-1)35-26-36(33-16-5-2-6-17-33)28-37(27-35)50-53-31-42-40-21-8-7-20-39(40)41-30-52-49(55-47(41)48(42)56-50)34-18-13-19-38(29-34)57-45-24-11-12-25-46(45)58-44-23-10-9-22-43(44)54-51(57)58/h1-31H. The molecule has 12 aromatic rings. The van der Waals surface area contributed by atoms with E-state index in [9.17, 15) is 0 Å². The van der Waals surface area contributed by atoms with E-state index in [2.05, 4.69) is 167 Å². The van der Waals surface area contributed by atoms with E-state index in [1.807, 2.05) is 30.6 Å². The first-order valence-electron chi connectivity index (χ1n) is 19.3. The minimum atomic E-state index is 0.615. The summed E-state index contributed by atoms with van der Waals surface area (Å²) in [5.74, 6) is 2.11. The van der Waals surface area contributed by atoms with Gasteiger partial charge in [-0.15, -0.1) is 0 Å². The lowest BCUT2D eigenvalue weighted by Gasteiger charge is -2.13. The summed E-state index contributed by atoms with van der Waals surface area (Å²) in [6.07, 6.45) is 3.90. The molecule has 0 saturated carbocycles. The number of para-hydroxylation sites is 4. The Bertz CT molecular complexity index is 3510. The smallest absolute Gasteiger partial charge is 0.220 e. The summed E-state index contributed by atoms with van der Waals surface area (Å²) in [7, 11) is 0. The minimum absolute atomic E-state index is 0.615. The largest absolute Gasteiger partial charge is 0.278 e. The van der Waals surface area contributed by atoms with Crippen LogP contribution in [0.4, 0.5) is 0 Å². The molecule has 0 radical (unpaired) electrons. The van der Waals surface area contributed by atoms with Crippen LogP contribution >= 0.6 is 0 Å². The predicted octanol–water partition coefficient (Wildman–Crippen LogP) is 12.1. The highest BCUT2D eigenvalue weighted by Gasteiger charge is 2.19. The van der Waals surface area contributed by atoms with Crippen LogP contribution in [-0.2, 0) is 0 Å². The van der Waals surface area contributed by atoms with Crippen molar-refractivity contribution >= 4 is 60.4 Å². The molecule has 0 spiro atoms. The normalized spacial score (nSPS) is 11.8. The lowest BCUT2D eigenvalue weighted by Crippen LogP contribution is -1.98. The van der Waals surface area contributed by atoms with Crippen molar-refractivity contribution < 1.29 is 0 Å². The van der Waals surface area contributed by atoms with Crippen LogP contribution in [0.1, 0.15) is 0 Å². The Labute approximate surface area is 332 Å². The van der Waals surface area contributed by atoms with Crippen LogP contribution in [0.3, 0.4) is 0 Å². The highest BCUT2D eigenvalue weighted by molar-refractivity contribution is 6.23. The lowest BCUT2D eigenvalue weighted by atomic mass is 9.95. The fourth-order valence-electron chi connectivity index (χ4n) is 8.49. The second kappa shape index (κ2) is 12.8. The molecule has 12 rings (SSSR count). The molecule has 270 valence electrons. The van der Waals surface area contributed by atoms with Crippen LogP contribution in [0.2, 0.25) is 0 Å². The van der Waals surface area contributed by atoms with Crippen molar-refractivity contribution in [1.82, 2.24) is 33.9 Å². The fourth-order valence-corrected chi connectivity index (χ4v) is 8.49. The molecule has 0 amide bonds. The number of rotatable bonds is 5. The minimum Gasteiger partial charge on any atom is -0.278 e.